The average molecular weight is 250 g/mol. The van der Waals surface area contributed by atoms with Crippen LogP contribution >= 0.6 is 11.3 Å². The number of imidazole rings is 1. The van der Waals surface area contributed by atoms with Gasteiger partial charge in [-0.1, -0.05) is 0 Å². The highest BCUT2D eigenvalue weighted by Gasteiger charge is 2.09. The molecule has 0 radical (unpaired) electrons. The lowest BCUT2D eigenvalue weighted by Gasteiger charge is -2.02. The minimum Gasteiger partial charge on any atom is -0.326 e. The minimum atomic E-state index is -0.863. The fourth-order valence-corrected chi connectivity index (χ4v) is 2.42. The Morgan fingerprint density at radius 3 is 2.82 bits per heavy atom. The van der Waals surface area contributed by atoms with E-state index in [1.54, 1.807) is 22.2 Å². The van der Waals surface area contributed by atoms with Crippen LogP contribution in [0.1, 0.15) is 5.56 Å². The number of thiophene rings is 1. The second kappa shape index (κ2) is 3.92. The molecule has 0 aliphatic heterocycles. The lowest BCUT2D eigenvalue weighted by molar-refractivity contribution is 0.510. The average Bonchev–Trinajstić information content (AvgIpc) is 2.92. The normalized spacial score (nSPS) is 11.2. The summed E-state index contributed by atoms with van der Waals surface area (Å²) in [7, 11) is 0. The largest absolute Gasteiger partial charge is 0.326 e. The van der Waals surface area contributed by atoms with Gasteiger partial charge in [0.2, 0.25) is 0 Å². The number of benzene rings is 1. The lowest BCUT2D eigenvalue weighted by Crippen LogP contribution is -1.97. The van der Waals surface area contributed by atoms with E-state index >= 15 is 0 Å². The number of rotatable bonds is 2. The maximum Gasteiger partial charge on any atom is 0.161 e. The van der Waals surface area contributed by atoms with Gasteiger partial charge in [0.25, 0.3) is 0 Å². The number of halogens is 2. The Labute approximate surface area is 100 Å². The van der Waals surface area contributed by atoms with Gasteiger partial charge < -0.3 is 4.57 Å². The Balaban J connectivity index is 2.08. The Kier molecular flexibility index (Phi) is 2.40. The van der Waals surface area contributed by atoms with Crippen molar-refractivity contribution in [1.82, 2.24) is 9.55 Å². The molecule has 0 aliphatic rings. The molecule has 86 valence electrons. The topological polar surface area (TPSA) is 17.8 Å². The van der Waals surface area contributed by atoms with Gasteiger partial charge in [0.05, 0.1) is 17.4 Å². The quantitative estimate of drug-likeness (QED) is 0.681. The van der Waals surface area contributed by atoms with Crippen molar-refractivity contribution in [3.8, 4) is 0 Å². The van der Waals surface area contributed by atoms with Crippen LogP contribution in [0.5, 0.6) is 0 Å². The van der Waals surface area contributed by atoms with E-state index in [2.05, 4.69) is 4.98 Å². The summed E-state index contributed by atoms with van der Waals surface area (Å²) >= 11 is 1.60. The van der Waals surface area contributed by atoms with Gasteiger partial charge in [-0.05, 0) is 22.4 Å². The van der Waals surface area contributed by atoms with E-state index in [0.717, 1.165) is 11.6 Å². The number of nitrogens with zero attached hydrogens (tertiary/aromatic N) is 2. The summed E-state index contributed by atoms with van der Waals surface area (Å²) in [6, 6.07) is 4.30. The molecule has 5 heteroatoms. The molecule has 0 amide bonds. The summed E-state index contributed by atoms with van der Waals surface area (Å²) in [4.78, 5) is 4.06. The van der Waals surface area contributed by atoms with Gasteiger partial charge >= 0.3 is 0 Å². The fraction of sp³-hybridized carbons (Fsp3) is 0.0833. The molecule has 2 nitrogen and oxygen atoms in total. The highest BCUT2D eigenvalue weighted by atomic mass is 32.1. The van der Waals surface area contributed by atoms with Gasteiger partial charge in [-0.3, -0.25) is 0 Å². The molecule has 3 aromatic rings. The van der Waals surface area contributed by atoms with Crippen LogP contribution in [0.2, 0.25) is 0 Å². The standard InChI is InChI=1S/C12H8F2N2S/c13-9-3-11-12(4-10(9)14)16(7-15-11)5-8-1-2-17-6-8/h1-4,6-7H,5H2. The molecule has 1 aromatic carbocycles. The van der Waals surface area contributed by atoms with E-state index < -0.39 is 11.6 Å². The third-order valence-electron chi connectivity index (χ3n) is 2.60. The molecule has 0 aliphatic carbocycles. The van der Waals surface area contributed by atoms with E-state index in [9.17, 15) is 8.78 Å². The molecule has 2 heterocycles. The summed E-state index contributed by atoms with van der Waals surface area (Å²) in [5.74, 6) is -1.71. The molecule has 0 spiro atoms. The van der Waals surface area contributed by atoms with Crippen molar-refractivity contribution in [3.05, 3.63) is 52.5 Å². The molecule has 0 atom stereocenters. The predicted molar refractivity (Wildman–Crippen MR) is 63.1 cm³/mol. The first-order valence-corrected chi connectivity index (χ1v) is 5.99. The van der Waals surface area contributed by atoms with Gasteiger partial charge in [0, 0.05) is 18.7 Å². The number of hydrogen-bond donors (Lipinski definition) is 0. The molecular weight excluding hydrogens is 242 g/mol. The van der Waals surface area contributed by atoms with Crippen LogP contribution in [0, 0.1) is 11.6 Å². The second-order valence-corrected chi connectivity index (χ2v) is 4.54. The molecule has 0 fully saturated rings. The van der Waals surface area contributed by atoms with Crippen LogP contribution in [0.25, 0.3) is 11.0 Å². The highest BCUT2D eigenvalue weighted by Crippen LogP contribution is 2.19. The van der Waals surface area contributed by atoms with Crippen molar-refractivity contribution < 1.29 is 8.78 Å². The van der Waals surface area contributed by atoms with Crippen molar-refractivity contribution >= 4 is 22.4 Å². The predicted octanol–water partition coefficient (Wildman–Crippen LogP) is 3.42. The second-order valence-electron chi connectivity index (χ2n) is 3.76. The van der Waals surface area contributed by atoms with E-state index in [1.165, 1.54) is 6.07 Å². The molecule has 0 saturated heterocycles. The zero-order chi connectivity index (χ0) is 11.8. The molecule has 3 rings (SSSR count). The van der Waals surface area contributed by atoms with Crippen LogP contribution in [-0.4, -0.2) is 9.55 Å². The van der Waals surface area contributed by atoms with Crippen LogP contribution in [0.3, 0.4) is 0 Å². The van der Waals surface area contributed by atoms with E-state index in [4.69, 9.17) is 0 Å². The number of aromatic nitrogens is 2. The van der Waals surface area contributed by atoms with Gasteiger partial charge in [0.15, 0.2) is 11.6 Å². The fourth-order valence-electron chi connectivity index (χ4n) is 1.76. The van der Waals surface area contributed by atoms with Crippen molar-refractivity contribution in [2.75, 3.05) is 0 Å². The SMILES string of the molecule is Fc1cc2ncn(Cc3ccsc3)c2cc1F. The van der Waals surface area contributed by atoms with Gasteiger partial charge in [0.1, 0.15) is 0 Å². The van der Waals surface area contributed by atoms with E-state index in [-0.39, 0.29) is 0 Å². The third kappa shape index (κ3) is 1.82. The monoisotopic (exact) mass is 250 g/mol. The Morgan fingerprint density at radius 1 is 1.24 bits per heavy atom. The van der Waals surface area contributed by atoms with Gasteiger partial charge in [-0.15, -0.1) is 0 Å². The maximum atomic E-state index is 13.2. The Hall–Kier alpha value is -1.75. The molecular formula is C12H8F2N2S. The number of hydrogen-bond acceptors (Lipinski definition) is 2. The minimum absolute atomic E-state index is 0.471. The van der Waals surface area contributed by atoms with Crippen LogP contribution < -0.4 is 0 Å². The van der Waals surface area contributed by atoms with Crippen molar-refractivity contribution in [3.63, 3.8) is 0 Å². The number of fused-ring (bicyclic) bond motifs is 1. The summed E-state index contributed by atoms with van der Waals surface area (Å²) in [5.41, 5.74) is 2.20. The molecule has 17 heavy (non-hydrogen) atoms. The summed E-state index contributed by atoms with van der Waals surface area (Å²) < 4.78 is 28.0. The van der Waals surface area contributed by atoms with Crippen LogP contribution in [0.15, 0.2) is 35.3 Å². The maximum absolute atomic E-state index is 13.2. The summed E-state index contributed by atoms with van der Waals surface area (Å²) in [6.07, 6.45) is 1.60. The summed E-state index contributed by atoms with van der Waals surface area (Å²) in [5, 5.41) is 4.00. The highest BCUT2D eigenvalue weighted by molar-refractivity contribution is 7.07. The smallest absolute Gasteiger partial charge is 0.161 e. The van der Waals surface area contributed by atoms with Gasteiger partial charge in [-0.2, -0.15) is 11.3 Å². The van der Waals surface area contributed by atoms with Crippen molar-refractivity contribution in [1.29, 1.82) is 0 Å². The Morgan fingerprint density at radius 2 is 2.06 bits per heavy atom. The molecule has 2 aromatic heterocycles. The molecule has 0 saturated carbocycles. The van der Waals surface area contributed by atoms with Crippen molar-refractivity contribution in [2.45, 2.75) is 6.54 Å². The first kappa shape index (κ1) is 10.4. The van der Waals surface area contributed by atoms with E-state index in [1.807, 2.05) is 16.8 Å². The van der Waals surface area contributed by atoms with E-state index in [0.29, 0.717) is 17.6 Å². The molecule has 0 N–H and O–H groups in total. The van der Waals surface area contributed by atoms with Crippen molar-refractivity contribution in [2.24, 2.45) is 0 Å². The van der Waals surface area contributed by atoms with Crippen LogP contribution in [0.4, 0.5) is 8.78 Å². The Bertz CT molecular complexity index is 659. The summed E-state index contributed by atoms with van der Waals surface area (Å²) in [6.45, 7) is 0.616. The van der Waals surface area contributed by atoms with Gasteiger partial charge in [-0.25, -0.2) is 13.8 Å². The first-order valence-electron chi connectivity index (χ1n) is 5.05. The lowest BCUT2D eigenvalue weighted by atomic mass is 10.3. The van der Waals surface area contributed by atoms with Crippen LogP contribution in [-0.2, 0) is 6.54 Å². The zero-order valence-corrected chi connectivity index (χ0v) is 9.55. The molecule has 0 unspecified atom stereocenters. The zero-order valence-electron chi connectivity index (χ0n) is 8.73. The first-order chi connectivity index (χ1) is 8.24. The molecule has 0 bridgehead atoms. The third-order valence-corrected chi connectivity index (χ3v) is 3.33.